The van der Waals surface area contributed by atoms with Crippen LogP contribution < -0.4 is 16.2 Å². The summed E-state index contributed by atoms with van der Waals surface area (Å²) in [6, 6.07) is 7.98. The highest BCUT2D eigenvalue weighted by Gasteiger charge is 2.13. The van der Waals surface area contributed by atoms with E-state index in [-0.39, 0.29) is 6.04 Å². The van der Waals surface area contributed by atoms with E-state index >= 15 is 0 Å². The van der Waals surface area contributed by atoms with Crippen LogP contribution in [0, 0.1) is 0 Å². The molecular formula is C14H14BrClN4O2. The molecule has 0 unspecified atom stereocenters. The van der Waals surface area contributed by atoms with Gasteiger partial charge in [-0.15, -0.1) is 0 Å². The Balaban J connectivity index is 1.85. The molecule has 4 N–H and O–H groups in total. The molecule has 1 atom stereocenters. The molecule has 0 saturated carbocycles. The minimum atomic E-state index is -0.536. The number of amides is 3. The van der Waals surface area contributed by atoms with Crippen LogP contribution in [0.3, 0.4) is 0 Å². The lowest BCUT2D eigenvalue weighted by Crippen LogP contribution is -2.47. The minimum absolute atomic E-state index is 0.301. The summed E-state index contributed by atoms with van der Waals surface area (Å²) in [4.78, 5) is 26.3. The maximum absolute atomic E-state index is 11.8. The van der Waals surface area contributed by atoms with Gasteiger partial charge in [0.25, 0.3) is 5.91 Å². The van der Waals surface area contributed by atoms with Gasteiger partial charge in [0, 0.05) is 15.7 Å². The van der Waals surface area contributed by atoms with Gasteiger partial charge in [0.15, 0.2) is 0 Å². The molecule has 3 amide bonds. The van der Waals surface area contributed by atoms with Gasteiger partial charge < -0.3 is 10.3 Å². The zero-order valence-corrected chi connectivity index (χ0v) is 14.0. The molecule has 2 rings (SSSR count). The summed E-state index contributed by atoms with van der Waals surface area (Å²) in [6.45, 7) is 1.80. The molecule has 2 aromatic rings. The quantitative estimate of drug-likeness (QED) is 0.612. The van der Waals surface area contributed by atoms with Crippen LogP contribution in [0.5, 0.6) is 0 Å². The van der Waals surface area contributed by atoms with Crippen LogP contribution in [-0.2, 0) is 0 Å². The summed E-state index contributed by atoms with van der Waals surface area (Å²) in [5.41, 5.74) is 5.70. The van der Waals surface area contributed by atoms with Gasteiger partial charge in [-0.3, -0.25) is 10.2 Å². The third-order valence-electron chi connectivity index (χ3n) is 2.90. The third-order valence-corrected chi connectivity index (χ3v) is 3.70. The molecule has 0 fully saturated rings. The van der Waals surface area contributed by atoms with E-state index < -0.39 is 11.9 Å². The molecule has 116 valence electrons. The lowest BCUT2D eigenvalue weighted by molar-refractivity contribution is 0.0931. The van der Waals surface area contributed by atoms with Crippen molar-refractivity contribution in [3.05, 3.63) is 57.3 Å². The van der Waals surface area contributed by atoms with Crippen LogP contribution in [0.15, 0.2) is 41.0 Å². The number of aromatic amines is 1. The molecule has 8 heteroatoms. The van der Waals surface area contributed by atoms with Crippen LogP contribution in [0.2, 0.25) is 5.02 Å². The predicted molar refractivity (Wildman–Crippen MR) is 87.5 cm³/mol. The number of benzene rings is 1. The first-order valence-corrected chi connectivity index (χ1v) is 7.59. The number of rotatable bonds is 3. The molecule has 1 aromatic heterocycles. The standard InChI is InChI=1S/C14H14BrClN4O2/c1-8(10-4-2-3-5-11(10)16)18-14(22)20-19-13(21)12-6-9(15)7-17-12/h2-8,17H,1H3,(H,19,21)(H2,18,20,22)/t8-/m0/s1. The van der Waals surface area contributed by atoms with E-state index in [4.69, 9.17) is 11.6 Å². The first kappa shape index (κ1) is 16.4. The zero-order chi connectivity index (χ0) is 16.1. The van der Waals surface area contributed by atoms with Gasteiger partial charge in [0.1, 0.15) is 5.69 Å². The largest absolute Gasteiger partial charge is 0.356 e. The fourth-order valence-electron chi connectivity index (χ4n) is 1.82. The number of nitrogens with one attached hydrogen (secondary N) is 4. The highest BCUT2D eigenvalue weighted by Crippen LogP contribution is 2.21. The Hall–Kier alpha value is -1.99. The third kappa shape index (κ3) is 4.25. The normalized spacial score (nSPS) is 11.6. The van der Waals surface area contributed by atoms with E-state index in [2.05, 4.69) is 37.1 Å². The van der Waals surface area contributed by atoms with Gasteiger partial charge in [-0.05, 0) is 40.5 Å². The van der Waals surface area contributed by atoms with Crippen LogP contribution >= 0.6 is 27.5 Å². The number of carbonyl (C=O) groups is 2. The van der Waals surface area contributed by atoms with Crippen molar-refractivity contribution in [2.75, 3.05) is 0 Å². The van der Waals surface area contributed by atoms with Crippen LogP contribution in [-0.4, -0.2) is 16.9 Å². The van der Waals surface area contributed by atoms with Crippen molar-refractivity contribution < 1.29 is 9.59 Å². The molecule has 22 heavy (non-hydrogen) atoms. The van der Waals surface area contributed by atoms with E-state index in [1.165, 1.54) is 0 Å². The number of urea groups is 1. The SMILES string of the molecule is C[C@H](NC(=O)NNC(=O)c1cc(Br)c[nH]1)c1ccccc1Cl. The molecular weight excluding hydrogens is 372 g/mol. The molecule has 0 radical (unpaired) electrons. The molecule has 0 spiro atoms. The Labute approximate surface area is 140 Å². The monoisotopic (exact) mass is 384 g/mol. The number of hydrogen-bond acceptors (Lipinski definition) is 2. The van der Waals surface area contributed by atoms with Gasteiger partial charge in [-0.2, -0.15) is 0 Å². The molecule has 1 aromatic carbocycles. The average Bonchev–Trinajstić information content (AvgIpc) is 2.91. The van der Waals surface area contributed by atoms with Crippen LogP contribution in [0.4, 0.5) is 4.79 Å². The van der Waals surface area contributed by atoms with Gasteiger partial charge >= 0.3 is 6.03 Å². The minimum Gasteiger partial charge on any atom is -0.356 e. The number of carbonyl (C=O) groups excluding carboxylic acids is 2. The number of hydrogen-bond donors (Lipinski definition) is 4. The van der Waals surface area contributed by atoms with Crippen molar-refractivity contribution in [2.24, 2.45) is 0 Å². The fraction of sp³-hybridized carbons (Fsp3) is 0.143. The Morgan fingerprint density at radius 2 is 2.00 bits per heavy atom. The summed E-state index contributed by atoms with van der Waals surface area (Å²) < 4.78 is 0.745. The molecule has 0 aliphatic rings. The van der Waals surface area contributed by atoms with E-state index in [0.717, 1.165) is 10.0 Å². The summed E-state index contributed by atoms with van der Waals surface area (Å²) in [6.07, 6.45) is 1.62. The van der Waals surface area contributed by atoms with Crippen molar-refractivity contribution >= 4 is 39.5 Å². The van der Waals surface area contributed by atoms with Crippen molar-refractivity contribution in [1.82, 2.24) is 21.2 Å². The van der Waals surface area contributed by atoms with Crippen LogP contribution in [0.1, 0.15) is 29.0 Å². The lowest BCUT2D eigenvalue weighted by atomic mass is 10.1. The molecule has 6 nitrogen and oxygen atoms in total. The van der Waals surface area contributed by atoms with Crippen molar-refractivity contribution in [3.63, 3.8) is 0 Å². The highest BCUT2D eigenvalue weighted by atomic mass is 79.9. The maximum atomic E-state index is 11.8. The summed E-state index contributed by atoms with van der Waals surface area (Å²) in [5.74, 6) is -0.453. The second-order valence-corrected chi connectivity index (χ2v) is 5.85. The van der Waals surface area contributed by atoms with E-state index in [1.54, 1.807) is 25.3 Å². The zero-order valence-electron chi connectivity index (χ0n) is 11.6. The molecule has 0 aliphatic heterocycles. The number of hydrazine groups is 1. The Morgan fingerprint density at radius 3 is 2.64 bits per heavy atom. The van der Waals surface area contributed by atoms with Gasteiger partial charge in [0.2, 0.25) is 0 Å². The average molecular weight is 386 g/mol. The number of H-pyrrole nitrogens is 1. The second kappa shape index (κ2) is 7.33. The highest BCUT2D eigenvalue weighted by molar-refractivity contribution is 9.10. The second-order valence-electron chi connectivity index (χ2n) is 4.53. The number of aromatic nitrogens is 1. The molecule has 0 saturated heterocycles. The molecule has 0 bridgehead atoms. The first-order chi connectivity index (χ1) is 10.5. The number of halogens is 2. The lowest BCUT2D eigenvalue weighted by Gasteiger charge is -2.16. The van der Waals surface area contributed by atoms with E-state index in [0.29, 0.717) is 10.7 Å². The topological polar surface area (TPSA) is 86.0 Å². The van der Waals surface area contributed by atoms with E-state index in [1.807, 2.05) is 18.2 Å². The Bertz CT molecular complexity index is 689. The predicted octanol–water partition coefficient (Wildman–Crippen LogP) is 3.14. The van der Waals surface area contributed by atoms with Gasteiger partial charge in [-0.25, -0.2) is 10.2 Å². The first-order valence-electron chi connectivity index (χ1n) is 6.42. The maximum Gasteiger partial charge on any atom is 0.333 e. The van der Waals surface area contributed by atoms with Gasteiger partial charge in [-0.1, -0.05) is 29.8 Å². The van der Waals surface area contributed by atoms with Crippen molar-refractivity contribution in [3.8, 4) is 0 Å². The smallest absolute Gasteiger partial charge is 0.333 e. The van der Waals surface area contributed by atoms with Crippen LogP contribution in [0.25, 0.3) is 0 Å². The Kier molecular flexibility index (Phi) is 5.46. The summed E-state index contributed by atoms with van der Waals surface area (Å²) >= 11 is 9.28. The van der Waals surface area contributed by atoms with Crippen molar-refractivity contribution in [2.45, 2.75) is 13.0 Å². The fourth-order valence-corrected chi connectivity index (χ4v) is 2.46. The van der Waals surface area contributed by atoms with E-state index in [9.17, 15) is 9.59 Å². The van der Waals surface area contributed by atoms with Gasteiger partial charge in [0.05, 0.1) is 6.04 Å². The van der Waals surface area contributed by atoms with Crippen molar-refractivity contribution in [1.29, 1.82) is 0 Å². The summed E-state index contributed by atoms with van der Waals surface area (Å²) in [5, 5.41) is 3.25. The molecule has 0 aliphatic carbocycles. The summed E-state index contributed by atoms with van der Waals surface area (Å²) in [7, 11) is 0. The molecule has 1 heterocycles. The Morgan fingerprint density at radius 1 is 1.27 bits per heavy atom.